The molecule has 1 aliphatic heterocycles. The summed E-state index contributed by atoms with van der Waals surface area (Å²) >= 11 is 1.29. The van der Waals surface area contributed by atoms with Gasteiger partial charge in [-0.15, -0.1) is 5.10 Å². The second kappa shape index (κ2) is 8.50. The number of esters is 1. The molecule has 1 N–H and O–H groups in total. The molecule has 0 spiro atoms. The molecule has 138 valence electrons. The van der Waals surface area contributed by atoms with Crippen molar-refractivity contribution < 1.29 is 19.1 Å². The number of thioether (sulfide) groups is 1. The second-order valence-corrected chi connectivity index (χ2v) is 6.62. The average Bonchev–Trinajstić information content (AvgIpc) is 3.08. The molecule has 7 nitrogen and oxygen atoms in total. The van der Waals surface area contributed by atoms with Crippen LogP contribution >= 0.6 is 11.8 Å². The fourth-order valence-electron chi connectivity index (χ4n) is 2.31. The summed E-state index contributed by atoms with van der Waals surface area (Å²) in [5, 5.41) is 10.9. The third-order valence-corrected chi connectivity index (χ3v) is 4.45. The Labute approximate surface area is 160 Å². The van der Waals surface area contributed by atoms with Crippen LogP contribution in [0.15, 0.2) is 52.7 Å². The third-order valence-electron chi connectivity index (χ3n) is 3.59. The summed E-state index contributed by atoms with van der Waals surface area (Å²) in [5.41, 5.74) is 2.15. The van der Waals surface area contributed by atoms with Crippen molar-refractivity contribution in [1.29, 1.82) is 0 Å². The largest absolute Gasteiger partial charge is 0.493 e. The summed E-state index contributed by atoms with van der Waals surface area (Å²) < 4.78 is 10.7. The molecule has 3 rings (SSSR count). The Kier molecular flexibility index (Phi) is 5.87. The highest BCUT2D eigenvalue weighted by molar-refractivity contribution is 8.15. The Morgan fingerprint density at radius 2 is 2.07 bits per heavy atom. The number of rotatable bonds is 5. The lowest BCUT2D eigenvalue weighted by Gasteiger charge is -2.10. The SMILES string of the molecule is COc1cc(/C=N/N=C2/NC(=O)CS2)ccc1OC(=O)c1cccc(C)c1. The van der Waals surface area contributed by atoms with Crippen LogP contribution in [0.25, 0.3) is 0 Å². The fraction of sp³-hybridized carbons (Fsp3) is 0.158. The number of benzene rings is 2. The first-order chi connectivity index (χ1) is 13.0. The lowest BCUT2D eigenvalue weighted by molar-refractivity contribution is -0.116. The molecule has 1 aliphatic rings. The highest BCUT2D eigenvalue weighted by Crippen LogP contribution is 2.28. The van der Waals surface area contributed by atoms with Crippen molar-refractivity contribution in [1.82, 2.24) is 5.32 Å². The maximum Gasteiger partial charge on any atom is 0.343 e. The molecule has 0 aromatic heterocycles. The maximum absolute atomic E-state index is 12.3. The number of amides is 1. The Morgan fingerprint density at radius 1 is 1.22 bits per heavy atom. The highest BCUT2D eigenvalue weighted by Gasteiger charge is 2.16. The van der Waals surface area contributed by atoms with Gasteiger partial charge in [0.1, 0.15) is 0 Å². The van der Waals surface area contributed by atoms with E-state index in [-0.39, 0.29) is 5.91 Å². The predicted octanol–water partition coefficient (Wildman–Crippen LogP) is 2.78. The van der Waals surface area contributed by atoms with Crippen LogP contribution in [-0.4, -0.2) is 36.1 Å². The minimum atomic E-state index is -0.459. The smallest absolute Gasteiger partial charge is 0.343 e. The number of ether oxygens (including phenoxy) is 2. The molecule has 1 amide bonds. The van der Waals surface area contributed by atoms with Gasteiger partial charge < -0.3 is 14.8 Å². The molecular formula is C19H17N3O4S. The second-order valence-electron chi connectivity index (χ2n) is 5.66. The summed E-state index contributed by atoms with van der Waals surface area (Å²) in [7, 11) is 1.49. The zero-order chi connectivity index (χ0) is 19.2. The molecule has 0 radical (unpaired) electrons. The molecule has 0 unspecified atom stereocenters. The van der Waals surface area contributed by atoms with E-state index in [1.54, 1.807) is 36.4 Å². The normalized spacial score (nSPS) is 15.2. The standard InChI is InChI=1S/C19H17N3O4S/c1-12-4-3-5-14(8-12)18(24)26-15-7-6-13(9-16(15)25-2)10-20-22-19-21-17(23)11-27-19/h3-10H,11H2,1-2H3,(H,21,22,23)/b20-10+. The lowest BCUT2D eigenvalue weighted by atomic mass is 10.1. The molecule has 27 heavy (non-hydrogen) atoms. The summed E-state index contributed by atoms with van der Waals surface area (Å²) in [6, 6.07) is 12.2. The summed E-state index contributed by atoms with van der Waals surface area (Å²) in [6.45, 7) is 1.91. The summed E-state index contributed by atoms with van der Waals surface area (Å²) in [4.78, 5) is 23.4. The number of carbonyl (C=O) groups is 2. The fourth-order valence-corrected chi connectivity index (χ4v) is 2.94. The van der Waals surface area contributed by atoms with Crippen molar-refractivity contribution in [3.05, 3.63) is 59.2 Å². The topological polar surface area (TPSA) is 89.3 Å². The van der Waals surface area contributed by atoms with Gasteiger partial charge in [0.2, 0.25) is 5.91 Å². The van der Waals surface area contributed by atoms with Gasteiger partial charge in [0.15, 0.2) is 16.7 Å². The number of nitrogens with zero attached hydrogens (tertiary/aromatic N) is 2. The number of methoxy groups -OCH3 is 1. The van der Waals surface area contributed by atoms with E-state index in [0.29, 0.717) is 33.5 Å². The van der Waals surface area contributed by atoms with Gasteiger partial charge in [-0.2, -0.15) is 5.10 Å². The first kappa shape index (κ1) is 18.7. The van der Waals surface area contributed by atoms with Gasteiger partial charge in [-0.25, -0.2) is 4.79 Å². The van der Waals surface area contributed by atoms with Crippen LogP contribution < -0.4 is 14.8 Å². The van der Waals surface area contributed by atoms with Crippen LogP contribution in [0.1, 0.15) is 21.5 Å². The van der Waals surface area contributed by atoms with E-state index in [1.165, 1.54) is 25.1 Å². The first-order valence-corrected chi connectivity index (χ1v) is 9.04. The molecule has 1 saturated heterocycles. The van der Waals surface area contributed by atoms with Crippen molar-refractivity contribution >= 4 is 35.0 Å². The van der Waals surface area contributed by atoms with Gasteiger partial charge >= 0.3 is 5.97 Å². The van der Waals surface area contributed by atoms with Crippen molar-refractivity contribution in [3.63, 3.8) is 0 Å². The Balaban J connectivity index is 1.72. The minimum Gasteiger partial charge on any atom is -0.493 e. The Bertz CT molecular complexity index is 940. The van der Waals surface area contributed by atoms with Crippen LogP contribution in [0.4, 0.5) is 0 Å². The van der Waals surface area contributed by atoms with E-state index in [2.05, 4.69) is 15.5 Å². The maximum atomic E-state index is 12.3. The van der Waals surface area contributed by atoms with Crippen LogP contribution in [0, 0.1) is 6.92 Å². The van der Waals surface area contributed by atoms with Gasteiger partial charge in [-0.1, -0.05) is 29.5 Å². The Hall–Kier alpha value is -3.13. The van der Waals surface area contributed by atoms with Gasteiger partial charge in [-0.3, -0.25) is 4.79 Å². The first-order valence-electron chi connectivity index (χ1n) is 8.06. The monoisotopic (exact) mass is 383 g/mol. The molecule has 0 atom stereocenters. The van der Waals surface area contributed by atoms with Crippen LogP contribution in [0.5, 0.6) is 11.5 Å². The lowest BCUT2D eigenvalue weighted by Crippen LogP contribution is -2.19. The quantitative estimate of drug-likeness (QED) is 0.371. The molecule has 8 heteroatoms. The number of nitrogens with one attached hydrogen (secondary N) is 1. The van der Waals surface area contributed by atoms with E-state index >= 15 is 0 Å². The van der Waals surface area contributed by atoms with Crippen molar-refractivity contribution in [2.45, 2.75) is 6.92 Å². The number of amidine groups is 1. The molecule has 0 bridgehead atoms. The average molecular weight is 383 g/mol. The van der Waals surface area contributed by atoms with E-state index < -0.39 is 5.97 Å². The van der Waals surface area contributed by atoms with Gasteiger partial charge in [0.05, 0.1) is 24.6 Å². The van der Waals surface area contributed by atoms with Crippen molar-refractivity contribution in [2.24, 2.45) is 10.2 Å². The van der Waals surface area contributed by atoms with E-state index in [1.807, 2.05) is 13.0 Å². The van der Waals surface area contributed by atoms with Crippen LogP contribution in [-0.2, 0) is 4.79 Å². The summed E-state index contributed by atoms with van der Waals surface area (Å²) in [5.74, 6) is 0.514. The van der Waals surface area contributed by atoms with Crippen LogP contribution in [0.2, 0.25) is 0 Å². The van der Waals surface area contributed by atoms with E-state index in [0.717, 1.165) is 5.56 Å². The predicted molar refractivity (Wildman–Crippen MR) is 105 cm³/mol. The highest BCUT2D eigenvalue weighted by atomic mass is 32.2. The number of aryl methyl sites for hydroxylation is 1. The number of hydrogen-bond donors (Lipinski definition) is 1. The minimum absolute atomic E-state index is 0.0876. The third kappa shape index (κ3) is 4.95. The van der Waals surface area contributed by atoms with Gasteiger partial charge in [0.25, 0.3) is 0 Å². The van der Waals surface area contributed by atoms with Gasteiger partial charge in [0, 0.05) is 0 Å². The number of hydrogen-bond acceptors (Lipinski definition) is 7. The molecule has 2 aromatic carbocycles. The van der Waals surface area contributed by atoms with E-state index in [9.17, 15) is 9.59 Å². The zero-order valence-corrected chi connectivity index (χ0v) is 15.6. The molecule has 1 heterocycles. The van der Waals surface area contributed by atoms with Crippen LogP contribution in [0.3, 0.4) is 0 Å². The van der Waals surface area contributed by atoms with Crippen molar-refractivity contribution in [3.8, 4) is 11.5 Å². The molecule has 0 saturated carbocycles. The summed E-state index contributed by atoms with van der Waals surface area (Å²) in [6.07, 6.45) is 1.52. The number of carbonyl (C=O) groups excluding carboxylic acids is 2. The van der Waals surface area contributed by atoms with Crippen molar-refractivity contribution in [2.75, 3.05) is 12.9 Å². The molecule has 1 fully saturated rings. The molecule has 0 aliphatic carbocycles. The van der Waals surface area contributed by atoms with Gasteiger partial charge in [-0.05, 0) is 42.8 Å². The molecule has 2 aromatic rings. The zero-order valence-electron chi connectivity index (χ0n) is 14.8. The molecular weight excluding hydrogens is 366 g/mol. The Morgan fingerprint density at radius 3 is 2.78 bits per heavy atom. The van der Waals surface area contributed by atoms with E-state index in [4.69, 9.17) is 9.47 Å².